The molecule has 3 rings (SSSR count). The van der Waals surface area contributed by atoms with E-state index in [1.807, 2.05) is 4.90 Å². The lowest BCUT2D eigenvalue weighted by atomic mass is 9.90. The summed E-state index contributed by atoms with van der Waals surface area (Å²) in [5.74, 6) is 0.245. The predicted octanol–water partition coefficient (Wildman–Crippen LogP) is 2.71. The van der Waals surface area contributed by atoms with E-state index in [4.69, 9.17) is 9.47 Å². The normalized spacial score (nSPS) is 20.2. The van der Waals surface area contributed by atoms with Crippen molar-refractivity contribution in [1.29, 1.82) is 0 Å². The molecule has 2 aliphatic rings. The van der Waals surface area contributed by atoms with Crippen molar-refractivity contribution in [3.63, 3.8) is 0 Å². The molecular formula is C19H27N3O4. The van der Waals surface area contributed by atoms with E-state index in [-0.39, 0.29) is 18.0 Å². The molecular weight excluding hydrogens is 334 g/mol. The maximum Gasteiger partial charge on any atom is 0.410 e. The van der Waals surface area contributed by atoms with Crippen LogP contribution in [0, 0.1) is 0 Å². The number of methoxy groups -OCH3 is 1. The zero-order chi connectivity index (χ0) is 18.7. The summed E-state index contributed by atoms with van der Waals surface area (Å²) in [6.45, 7) is 5.91. The van der Waals surface area contributed by atoms with E-state index < -0.39 is 5.60 Å². The molecule has 0 aliphatic carbocycles. The Balaban J connectivity index is 1.64. The van der Waals surface area contributed by atoms with Gasteiger partial charge in [-0.25, -0.2) is 9.78 Å². The minimum atomic E-state index is -0.463. The van der Waals surface area contributed by atoms with Gasteiger partial charge in [0.05, 0.1) is 13.7 Å². The van der Waals surface area contributed by atoms with Gasteiger partial charge < -0.3 is 19.3 Å². The molecule has 2 aliphatic heterocycles. The van der Waals surface area contributed by atoms with Crippen molar-refractivity contribution >= 4 is 12.0 Å². The minimum Gasteiger partial charge on any atom is -0.480 e. The molecule has 1 atom stereocenters. The number of carbonyl (C=O) groups excluding carboxylic acids is 2. The molecule has 0 radical (unpaired) electrons. The lowest BCUT2D eigenvalue weighted by Crippen LogP contribution is -2.49. The largest absolute Gasteiger partial charge is 0.480 e. The van der Waals surface area contributed by atoms with E-state index in [1.165, 1.54) is 7.11 Å². The van der Waals surface area contributed by atoms with Crippen molar-refractivity contribution in [2.45, 2.75) is 51.2 Å². The molecule has 1 spiro atoms. The van der Waals surface area contributed by atoms with E-state index in [2.05, 4.69) is 18.8 Å². The monoisotopic (exact) mass is 361 g/mol. The van der Waals surface area contributed by atoms with Crippen LogP contribution >= 0.6 is 0 Å². The van der Waals surface area contributed by atoms with E-state index in [0.29, 0.717) is 43.9 Å². The third-order valence-corrected chi connectivity index (χ3v) is 5.39. The smallest absolute Gasteiger partial charge is 0.410 e. The Morgan fingerprint density at radius 1 is 1.42 bits per heavy atom. The molecule has 1 aromatic rings. The molecule has 2 amide bonds. The fraction of sp³-hybridized carbons (Fsp3) is 0.632. The predicted molar refractivity (Wildman–Crippen MR) is 96.2 cm³/mol. The SMILES string of the molecule is CCCC(C)N1CC2(CCN(C(=O)c3cccnc3OC)CC2)OC1=O. The number of aromatic nitrogens is 1. The maximum absolute atomic E-state index is 12.8. The fourth-order valence-electron chi connectivity index (χ4n) is 3.82. The summed E-state index contributed by atoms with van der Waals surface area (Å²) < 4.78 is 11.0. The fourth-order valence-corrected chi connectivity index (χ4v) is 3.82. The lowest BCUT2D eigenvalue weighted by Gasteiger charge is -2.37. The van der Waals surface area contributed by atoms with Crippen LogP contribution in [-0.4, -0.2) is 65.2 Å². The number of hydrogen-bond acceptors (Lipinski definition) is 5. The number of nitrogens with zero attached hydrogens (tertiary/aromatic N) is 3. The molecule has 0 saturated carbocycles. The highest BCUT2D eigenvalue weighted by molar-refractivity contribution is 5.96. The van der Waals surface area contributed by atoms with Gasteiger partial charge in [0.1, 0.15) is 11.2 Å². The number of likely N-dealkylation sites (tertiary alicyclic amines) is 1. The van der Waals surface area contributed by atoms with Crippen LogP contribution < -0.4 is 4.74 Å². The van der Waals surface area contributed by atoms with Crippen LogP contribution in [0.2, 0.25) is 0 Å². The number of piperidine rings is 1. The highest BCUT2D eigenvalue weighted by Crippen LogP contribution is 2.35. The Morgan fingerprint density at radius 3 is 2.81 bits per heavy atom. The second-order valence-corrected chi connectivity index (χ2v) is 7.17. The zero-order valence-corrected chi connectivity index (χ0v) is 15.7. The Bertz CT molecular complexity index is 671. The van der Waals surface area contributed by atoms with E-state index in [9.17, 15) is 9.59 Å². The highest BCUT2D eigenvalue weighted by atomic mass is 16.6. The first kappa shape index (κ1) is 18.5. The first-order valence-corrected chi connectivity index (χ1v) is 9.27. The van der Waals surface area contributed by atoms with Gasteiger partial charge in [-0.15, -0.1) is 0 Å². The summed E-state index contributed by atoms with van der Waals surface area (Å²) in [5, 5.41) is 0. The Kier molecular flexibility index (Phi) is 5.34. The van der Waals surface area contributed by atoms with Crippen LogP contribution in [0.25, 0.3) is 0 Å². The molecule has 2 saturated heterocycles. The quantitative estimate of drug-likeness (QED) is 0.806. The third kappa shape index (κ3) is 3.48. The maximum atomic E-state index is 12.8. The summed E-state index contributed by atoms with van der Waals surface area (Å²) in [6, 6.07) is 3.64. The van der Waals surface area contributed by atoms with Crippen LogP contribution in [-0.2, 0) is 4.74 Å². The number of rotatable bonds is 5. The Labute approximate surface area is 154 Å². The van der Waals surface area contributed by atoms with Gasteiger partial charge in [0.15, 0.2) is 0 Å². The average molecular weight is 361 g/mol. The van der Waals surface area contributed by atoms with Crippen molar-refractivity contribution < 1.29 is 19.1 Å². The lowest BCUT2D eigenvalue weighted by molar-refractivity contribution is 0.00298. The molecule has 3 heterocycles. The summed E-state index contributed by atoms with van der Waals surface area (Å²) in [4.78, 5) is 32.8. The van der Waals surface area contributed by atoms with Crippen LogP contribution in [0.1, 0.15) is 49.9 Å². The summed E-state index contributed by atoms with van der Waals surface area (Å²) in [7, 11) is 1.51. The van der Waals surface area contributed by atoms with Crippen molar-refractivity contribution in [2.24, 2.45) is 0 Å². The van der Waals surface area contributed by atoms with Gasteiger partial charge in [-0.05, 0) is 25.5 Å². The zero-order valence-electron chi connectivity index (χ0n) is 15.7. The summed E-state index contributed by atoms with van der Waals surface area (Å²) in [6.07, 6.45) is 4.69. The molecule has 0 N–H and O–H groups in total. The van der Waals surface area contributed by atoms with E-state index in [0.717, 1.165) is 12.8 Å². The minimum absolute atomic E-state index is 0.0923. The number of hydrogen-bond donors (Lipinski definition) is 0. The van der Waals surface area contributed by atoms with Crippen molar-refractivity contribution in [2.75, 3.05) is 26.7 Å². The van der Waals surface area contributed by atoms with Gasteiger partial charge in [0, 0.05) is 38.2 Å². The molecule has 0 bridgehead atoms. The number of amides is 2. The van der Waals surface area contributed by atoms with Gasteiger partial charge in [-0.3, -0.25) is 4.79 Å². The van der Waals surface area contributed by atoms with Gasteiger partial charge >= 0.3 is 6.09 Å². The van der Waals surface area contributed by atoms with Crippen LogP contribution in [0.5, 0.6) is 5.88 Å². The average Bonchev–Trinajstić information content (AvgIpc) is 2.98. The molecule has 1 unspecified atom stereocenters. The molecule has 7 nitrogen and oxygen atoms in total. The van der Waals surface area contributed by atoms with Gasteiger partial charge in [-0.1, -0.05) is 13.3 Å². The second kappa shape index (κ2) is 7.51. The van der Waals surface area contributed by atoms with E-state index in [1.54, 1.807) is 23.2 Å². The Hall–Kier alpha value is -2.31. The summed E-state index contributed by atoms with van der Waals surface area (Å²) in [5.41, 5.74) is 0.00193. The number of pyridine rings is 1. The number of ether oxygens (including phenoxy) is 2. The van der Waals surface area contributed by atoms with Gasteiger partial charge in [0.25, 0.3) is 5.91 Å². The third-order valence-electron chi connectivity index (χ3n) is 5.39. The highest BCUT2D eigenvalue weighted by Gasteiger charge is 2.48. The number of carbonyl (C=O) groups is 2. The topological polar surface area (TPSA) is 72.0 Å². The molecule has 26 heavy (non-hydrogen) atoms. The van der Waals surface area contributed by atoms with Crippen molar-refractivity contribution in [3.05, 3.63) is 23.9 Å². The second-order valence-electron chi connectivity index (χ2n) is 7.17. The molecule has 7 heteroatoms. The van der Waals surface area contributed by atoms with E-state index >= 15 is 0 Å². The summed E-state index contributed by atoms with van der Waals surface area (Å²) >= 11 is 0. The standard InChI is InChI=1S/C19H27N3O4/c1-4-6-14(2)22-13-19(26-18(22)24)8-11-21(12-9-19)17(23)15-7-5-10-20-16(15)25-3/h5,7,10,14H,4,6,8-9,11-13H2,1-3H3. The molecule has 0 aromatic carbocycles. The van der Waals surface area contributed by atoms with Crippen LogP contribution in [0.4, 0.5) is 4.79 Å². The van der Waals surface area contributed by atoms with Crippen LogP contribution in [0.15, 0.2) is 18.3 Å². The molecule has 2 fully saturated rings. The van der Waals surface area contributed by atoms with Gasteiger partial charge in [-0.2, -0.15) is 0 Å². The van der Waals surface area contributed by atoms with Crippen molar-refractivity contribution in [1.82, 2.24) is 14.8 Å². The first-order chi connectivity index (χ1) is 12.5. The molecule has 1 aromatic heterocycles. The van der Waals surface area contributed by atoms with Crippen LogP contribution in [0.3, 0.4) is 0 Å². The van der Waals surface area contributed by atoms with Gasteiger partial charge in [0.2, 0.25) is 5.88 Å². The first-order valence-electron chi connectivity index (χ1n) is 9.27. The Morgan fingerprint density at radius 2 is 2.15 bits per heavy atom. The molecule has 142 valence electrons. The van der Waals surface area contributed by atoms with Crippen molar-refractivity contribution in [3.8, 4) is 5.88 Å².